The number of ether oxygens (including phenoxy) is 1. The Bertz CT molecular complexity index is 954. The van der Waals surface area contributed by atoms with Gasteiger partial charge in [0, 0.05) is 16.2 Å². The summed E-state index contributed by atoms with van der Waals surface area (Å²) in [4.78, 5) is 12.1. The molecule has 0 spiro atoms. The van der Waals surface area contributed by atoms with E-state index in [2.05, 4.69) is 48.9 Å². The van der Waals surface area contributed by atoms with Gasteiger partial charge >= 0.3 is 5.69 Å². The van der Waals surface area contributed by atoms with Crippen molar-refractivity contribution in [3.63, 3.8) is 0 Å². The van der Waals surface area contributed by atoms with Gasteiger partial charge in [-0.25, -0.2) is 4.79 Å². The predicted molar refractivity (Wildman–Crippen MR) is 99.5 cm³/mol. The lowest BCUT2D eigenvalue weighted by atomic mass is 10.2. The van der Waals surface area contributed by atoms with E-state index in [1.54, 1.807) is 31.3 Å². The fraction of sp³-hybridized carbons (Fsp3) is 0.133. The van der Waals surface area contributed by atoms with Gasteiger partial charge in [0.15, 0.2) is 0 Å². The summed E-state index contributed by atoms with van der Waals surface area (Å²) in [6.45, 7) is 0.237. The number of phenolic OH excluding ortho intramolecular Hbond substituents is 1. The van der Waals surface area contributed by atoms with E-state index < -0.39 is 0 Å². The van der Waals surface area contributed by atoms with E-state index in [0.717, 1.165) is 9.13 Å². The van der Waals surface area contributed by atoms with Crippen molar-refractivity contribution >= 4 is 38.5 Å². The van der Waals surface area contributed by atoms with Crippen LogP contribution in [-0.2, 0) is 13.7 Å². The molecule has 9 heteroatoms. The molecule has 2 aromatic carbocycles. The fourth-order valence-corrected chi connectivity index (χ4v) is 3.23. The number of nitrogens with zero attached hydrogens (tertiary/aromatic N) is 4. The van der Waals surface area contributed by atoms with Crippen molar-refractivity contribution in [2.75, 3.05) is 0 Å². The van der Waals surface area contributed by atoms with Gasteiger partial charge in [-0.05, 0) is 79.3 Å². The Hall–Kier alpha value is -1.88. The minimum absolute atomic E-state index is 0.148. The molecule has 0 amide bonds. The lowest BCUT2D eigenvalue weighted by molar-refractivity contribution is 0.302. The van der Waals surface area contributed by atoms with Gasteiger partial charge in [0.25, 0.3) is 0 Å². The number of benzene rings is 2. The molecule has 0 saturated carbocycles. The molecule has 1 N–H and O–H groups in total. The van der Waals surface area contributed by atoms with E-state index in [-0.39, 0.29) is 18.0 Å². The number of tetrazole rings is 1. The zero-order valence-corrected chi connectivity index (χ0v) is 16.2. The maximum Gasteiger partial charge on any atom is 0.368 e. The van der Waals surface area contributed by atoms with Crippen LogP contribution in [0.4, 0.5) is 0 Å². The Balaban J connectivity index is 1.96. The summed E-state index contributed by atoms with van der Waals surface area (Å²) in [5, 5.41) is 17.1. The van der Waals surface area contributed by atoms with Gasteiger partial charge in [-0.2, -0.15) is 9.36 Å². The number of phenols is 1. The lowest BCUT2D eigenvalue weighted by Crippen LogP contribution is -2.23. The van der Waals surface area contributed by atoms with Crippen molar-refractivity contribution in [2.24, 2.45) is 7.05 Å². The van der Waals surface area contributed by atoms with Gasteiger partial charge in [0.05, 0.1) is 10.2 Å². The number of rotatable bonds is 4. The summed E-state index contributed by atoms with van der Waals surface area (Å²) in [5.74, 6) is 0.736. The molecule has 7 nitrogen and oxygen atoms in total. The van der Waals surface area contributed by atoms with E-state index >= 15 is 0 Å². The maximum atomic E-state index is 12.1. The molecule has 124 valence electrons. The number of aromatic nitrogens is 4. The second-order valence-corrected chi connectivity index (χ2v) is 6.95. The van der Waals surface area contributed by atoms with Gasteiger partial charge in [0.1, 0.15) is 18.1 Å². The van der Waals surface area contributed by atoms with Crippen LogP contribution in [0.2, 0.25) is 0 Å². The van der Waals surface area contributed by atoms with Crippen LogP contribution in [-0.4, -0.2) is 24.9 Å². The average Bonchev–Trinajstić information content (AvgIpc) is 2.87. The van der Waals surface area contributed by atoms with Crippen molar-refractivity contribution < 1.29 is 9.84 Å². The summed E-state index contributed by atoms with van der Waals surface area (Å²) >= 11 is 5.54. The van der Waals surface area contributed by atoms with E-state index in [4.69, 9.17) is 4.74 Å². The minimum Gasteiger partial charge on any atom is -0.508 e. The SMILES string of the molecule is Cn1nnn(-c2cccc(I)c2COc2ccc(O)cc2Br)c1=O. The quantitative estimate of drug-likeness (QED) is 0.554. The first-order valence-electron chi connectivity index (χ1n) is 6.85. The van der Waals surface area contributed by atoms with E-state index in [0.29, 0.717) is 15.9 Å². The van der Waals surface area contributed by atoms with Crippen LogP contribution in [0.3, 0.4) is 0 Å². The first-order valence-corrected chi connectivity index (χ1v) is 8.72. The predicted octanol–water partition coefficient (Wildman–Crippen LogP) is 2.62. The van der Waals surface area contributed by atoms with Gasteiger partial charge in [-0.1, -0.05) is 6.07 Å². The Morgan fingerprint density at radius 2 is 2.08 bits per heavy atom. The lowest BCUT2D eigenvalue weighted by Gasteiger charge is -2.13. The van der Waals surface area contributed by atoms with Crippen molar-refractivity contribution in [1.82, 2.24) is 19.8 Å². The van der Waals surface area contributed by atoms with Crippen LogP contribution in [0.15, 0.2) is 45.7 Å². The standard InChI is InChI=1S/C15H12BrIN4O3/c1-20-15(23)21(19-18-20)13-4-2-3-12(17)10(13)8-24-14-6-5-9(22)7-11(14)16/h2-7,22H,8H2,1H3. The van der Waals surface area contributed by atoms with Crippen LogP contribution >= 0.6 is 38.5 Å². The molecule has 0 fully saturated rings. The van der Waals surface area contributed by atoms with Crippen molar-refractivity contribution in [1.29, 1.82) is 0 Å². The van der Waals surface area contributed by atoms with Crippen molar-refractivity contribution in [2.45, 2.75) is 6.61 Å². The number of halogens is 2. The molecular weight excluding hydrogens is 491 g/mol. The van der Waals surface area contributed by atoms with Crippen LogP contribution in [0, 0.1) is 3.57 Å². The summed E-state index contributed by atoms with van der Waals surface area (Å²) in [6.07, 6.45) is 0. The van der Waals surface area contributed by atoms with Gasteiger partial charge in [-0.3, -0.25) is 0 Å². The minimum atomic E-state index is -0.330. The Labute approximate surface area is 159 Å². The normalized spacial score (nSPS) is 10.8. The van der Waals surface area contributed by atoms with Crippen LogP contribution < -0.4 is 10.4 Å². The van der Waals surface area contributed by atoms with E-state index in [1.807, 2.05) is 12.1 Å². The Morgan fingerprint density at radius 1 is 1.29 bits per heavy atom. The summed E-state index contributed by atoms with van der Waals surface area (Å²) < 4.78 is 9.83. The molecule has 24 heavy (non-hydrogen) atoms. The molecule has 1 heterocycles. The highest BCUT2D eigenvalue weighted by Gasteiger charge is 2.14. The zero-order chi connectivity index (χ0) is 17.3. The van der Waals surface area contributed by atoms with E-state index in [9.17, 15) is 9.90 Å². The highest BCUT2D eigenvalue weighted by atomic mass is 127. The average molecular weight is 503 g/mol. The molecule has 0 unspecified atom stereocenters. The highest BCUT2D eigenvalue weighted by Crippen LogP contribution is 2.30. The second kappa shape index (κ2) is 6.93. The third-order valence-electron chi connectivity index (χ3n) is 3.33. The molecule has 0 bridgehead atoms. The topological polar surface area (TPSA) is 82.2 Å². The number of aryl methyl sites for hydroxylation is 1. The monoisotopic (exact) mass is 502 g/mol. The third kappa shape index (κ3) is 3.31. The first kappa shape index (κ1) is 17.0. The molecule has 0 aliphatic rings. The van der Waals surface area contributed by atoms with Gasteiger partial charge in [0.2, 0.25) is 0 Å². The smallest absolute Gasteiger partial charge is 0.368 e. The molecule has 3 rings (SSSR count). The fourth-order valence-electron chi connectivity index (χ4n) is 2.11. The van der Waals surface area contributed by atoms with Crippen molar-refractivity contribution in [3.8, 4) is 17.2 Å². The molecule has 0 radical (unpaired) electrons. The van der Waals surface area contributed by atoms with Crippen LogP contribution in [0.5, 0.6) is 11.5 Å². The third-order valence-corrected chi connectivity index (χ3v) is 4.96. The van der Waals surface area contributed by atoms with Gasteiger partial charge in [-0.15, -0.1) is 0 Å². The Kier molecular flexibility index (Phi) is 4.90. The first-order chi connectivity index (χ1) is 11.5. The van der Waals surface area contributed by atoms with Crippen LogP contribution in [0.25, 0.3) is 5.69 Å². The molecule has 0 atom stereocenters. The highest BCUT2D eigenvalue weighted by molar-refractivity contribution is 14.1. The molecule has 0 aliphatic heterocycles. The largest absolute Gasteiger partial charge is 0.508 e. The Morgan fingerprint density at radius 3 is 2.75 bits per heavy atom. The molecular formula is C15H12BrIN4O3. The summed E-state index contributed by atoms with van der Waals surface area (Å²) in [6, 6.07) is 10.3. The number of hydrogen-bond acceptors (Lipinski definition) is 5. The molecule has 1 aromatic heterocycles. The molecule has 0 saturated heterocycles. The maximum absolute atomic E-state index is 12.1. The number of aromatic hydroxyl groups is 1. The molecule has 3 aromatic rings. The summed E-state index contributed by atoms with van der Waals surface area (Å²) in [7, 11) is 1.55. The summed E-state index contributed by atoms with van der Waals surface area (Å²) in [5.41, 5.74) is 1.11. The van der Waals surface area contributed by atoms with Crippen molar-refractivity contribution in [3.05, 3.63) is 60.5 Å². The molecule has 0 aliphatic carbocycles. The van der Waals surface area contributed by atoms with E-state index in [1.165, 1.54) is 9.36 Å². The zero-order valence-electron chi connectivity index (χ0n) is 12.5. The van der Waals surface area contributed by atoms with Gasteiger partial charge < -0.3 is 9.84 Å². The van der Waals surface area contributed by atoms with Crippen LogP contribution in [0.1, 0.15) is 5.56 Å². The second-order valence-electron chi connectivity index (χ2n) is 4.94. The number of hydrogen-bond donors (Lipinski definition) is 1.